The number of pyridine rings is 1. The highest BCUT2D eigenvalue weighted by Crippen LogP contribution is 2.40. The summed E-state index contributed by atoms with van der Waals surface area (Å²) in [5.74, 6) is 3.85. The van der Waals surface area contributed by atoms with Crippen molar-refractivity contribution in [2.45, 2.75) is 51.5 Å². The first kappa shape index (κ1) is 21.9. The maximum atomic E-state index is 5.68. The number of aromatic nitrogens is 1. The van der Waals surface area contributed by atoms with E-state index in [1.807, 2.05) is 0 Å². The molecule has 0 spiro atoms. The molecular formula is C28H34NO4+. The van der Waals surface area contributed by atoms with Crippen LogP contribution in [0.15, 0.2) is 30.3 Å². The van der Waals surface area contributed by atoms with Crippen molar-refractivity contribution in [2.75, 3.05) is 28.4 Å². The molecule has 0 N–H and O–H groups in total. The summed E-state index contributed by atoms with van der Waals surface area (Å²) in [5, 5.41) is 2.46. The van der Waals surface area contributed by atoms with Crippen molar-refractivity contribution in [1.29, 1.82) is 0 Å². The second kappa shape index (κ2) is 9.12. The maximum absolute atomic E-state index is 5.68. The van der Waals surface area contributed by atoms with E-state index in [4.69, 9.17) is 18.9 Å². The SMILES string of the molecule is COc1cc2c(cc1OC)-c1cc3cc(OC)c(OC)cc3c(CC3CCCCC3)[n+]1CC2. The van der Waals surface area contributed by atoms with Gasteiger partial charge in [0, 0.05) is 18.9 Å². The van der Waals surface area contributed by atoms with Crippen LogP contribution in [0.5, 0.6) is 23.0 Å². The molecule has 1 saturated carbocycles. The van der Waals surface area contributed by atoms with Crippen LogP contribution < -0.4 is 23.5 Å². The van der Waals surface area contributed by atoms with Gasteiger partial charge in [-0.15, -0.1) is 0 Å². The molecule has 0 saturated heterocycles. The monoisotopic (exact) mass is 448 g/mol. The number of hydrogen-bond donors (Lipinski definition) is 0. The molecule has 1 fully saturated rings. The van der Waals surface area contributed by atoms with Crippen LogP contribution in [0.4, 0.5) is 0 Å². The third kappa shape index (κ3) is 3.88. The summed E-state index contributed by atoms with van der Waals surface area (Å²) in [4.78, 5) is 0. The van der Waals surface area contributed by atoms with Gasteiger partial charge in [0.2, 0.25) is 5.69 Å². The van der Waals surface area contributed by atoms with Crippen molar-refractivity contribution < 1.29 is 23.5 Å². The number of hydrogen-bond acceptors (Lipinski definition) is 4. The molecule has 5 heteroatoms. The Bertz CT molecular complexity index is 1180. The van der Waals surface area contributed by atoms with Crippen molar-refractivity contribution in [3.8, 4) is 34.3 Å². The first-order valence-corrected chi connectivity index (χ1v) is 12.0. The van der Waals surface area contributed by atoms with Crippen molar-refractivity contribution in [2.24, 2.45) is 5.92 Å². The third-order valence-corrected chi connectivity index (χ3v) is 7.47. The number of nitrogens with zero attached hydrogens (tertiary/aromatic N) is 1. The second-order valence-electron chi connectivity index (χ2n) is 9.24. The number of methoxy groups -OCH3 is 4. The van der Waals surface area contributed by atoms with E-state index in [1.165, 1.54) is 65.4 Å². The van der Waals surface area contributed by atoms with E-state index in [1.54, 1.807) is 28.4 Å². The van der Waals surface area contributed by atoms with Gasteiger partial charge in [-0.2, -0.15) is 4.57 Å². The van der Waals surface area contributed by atoms with Gasteiger partial charge in [-0.05, 0) is 54.0 Å². The fraction of sp³-hybridized carbons (Fsp3) is 0.464. The smallest absolute Gasteiger partial charge is 0.213 e. The van der Waals surface area contributed by atoms with Gasteiger partial charge in [0.15, 0.2) is 35.2 Å². The molecule has 0 amide bonds. The Morgan fingerprint density at radius 1 is 0.758 bits per heavy atom. The zero-order chi connectivity index (χ0) is 22.9. The Kier molecular flexibility index (Phi) is 6.05. The van der Waals surface area contributed by atoms with Gasteiger partial charge in [-0.3, -0.25) is 0 Å². The third-order valence-electron chi connectivity index (χ3n) is 7.47. The lowest BCUT2D eigenvalue weighted by atomic mass is 9.84. The summed E-state index contributed by atoms with van der Waals surface area (Å²) in [6.45, 7) is 0.962. The zero-order valence-corrected chi connectivity index (χ0v) is 20.2. The minimum absolute atomic E-state index is 0.737. The molecule has 3 aromatic rings. The van der Waals surface area contributed by atoms with Crippen molar-refractivity contribution in [3.05, 3.63) is 41.6 Å². The van der Waals surface area contributed by atoms with Crippen LogP contribution in [-0.4, -0.2) is 28.4 Å². The van der Waals surface area contributed by atoms with E-state index >= 15 is 0 Å². The normalized spacial score (nSPS) is 15.6. The van der Waals surface area contributed by atoms with Gasteiger partial charge in [0.1, 0.15) is 0 Å². The standard InChI is InChI=1S/C28H34NO4/c1-30-25-14-19-10-11-29-23(12-18-8-6-5-7-9-18)22-17-28(33-4)26(31-2)15-20(22)13-24(29)21(19)16-27(25)32-3/h13-18H,5-12H2,1-4H3/q+1. The minimum Gasteiger partial charge on any atom is -0.493 e. The van der Waals surface area contributed by atoms with Gasteiger partial charge in [0.25, 0.3) is 0 Å². The van der Waals surface area contributed by atoms with Gasteiger partial charge in [0.05, 0.1) is 39.4 Å². The molecule has 174 valence electrons. The average Bonchev–Trinajstić information content (AvgIpc) is 2.87. The topological polar surface area (TPSA) is 40.8 Å². The molecule has 0 unspecified atom stereocenters. The van der Waals surface area contributed by atoms with E-state index in [0.29, 0.717) is 0 Å². The number of rotatable bonds is 6. The van der Waals surface area contributed by atoms with Gasteiger partial charge >= 0.3 is 0 Å². The molecular weight excluding hydrogens is 414 g/mol. The Morgan fingerprint density at radius 2 is 1.39 bits per heavy atom. The predicted octanol–water partition coefficient (Wildman–Crippen LogP) is 5.51. The first-order chi connectivity index (χ1) is 16.2. The Morgan fingerprint density at radius 3 is 2.09 bits per heavy atom. The Labute approximate surface area is 196 Å². The first-order valence-electron chi connectivity index (χ1n) is 12.0. The lowest BCUT2D eigenvalue weighted by molar-refractivity contribution is -0.693. The molecule has 0 radical (unpaired) electrons. The molecule has 5 nitrogen and oxygen atoms in total. The number of ether oxygens (including phenoxy) is 4. The van der Waals surface area contributed by atoms with E-state index in [9.17, 15) is 0 Å². The molecule has 5 rings (SSSR count). The van der Waals surface area contributed by atoms with Crippen molar-refractivity contribution in [3.63, 3.8) is 0 Å². The highest BCUT2D eigenvalue weighted by molar-refractivity contribution is 5.90. The lowest BCUT2D eigenvalue weighted by Crippen LogP contribution is -2.45. The fourth-order valence-corrected chi connectivity index (χ4v) is 5.74. The van der Waals surface area contributed by atoms with Gasteiger partial charge < -0.3 is 18.9 Å². The van der Waals surface area contributed by atoms with Crippen LogP contribution >= 0.6 is 0 Å². The van der Waals surface area contributed by atoms with E-state index in [-0.39, 0.29) is 0 Å². The Balaban J connectivity index is 1.74. The van der Waals surface area contributed by atoms with Crippen LogP contribution in [-0.2, 0) is 19.4 Å². The van der Waals surface area contributed by atoms with Crippen LogP contribution in [0, 0.1) is 5.92 Å². The number of fused-ring (bicyclic) bond motifs is 4. The van der Waals surface area contributed by atoms with Crippen molar-refractivity contribution >= 4 is 10.8 Å². The highest BCUT2D eigenvalue weighted by Gasteiger charge is 2.32. The maximum Gasteiger partial charge on any atom is 0.213 e. The number of benzene rings is 2. The highest BCUT2D eigenvalue weighted by atomic mass is 16.5. The molecule has 0 bridgehead atoms. The van der Waals surface area contributed by atoms with E-state index < -0.39 is 0 Å². The van der Waals surface area contributed by atoms with Crippen LogP contribution in [0.3, 0.4) is 0 Å². The van der Waals surface area contributed by atoms with Crippen LogP contribution in [0.25, 0.3) is 22.0 Å². The zero-order valence-electron chi connectivity index (χ0n) is 20.2. The summed E-state index contributed by atoms with van der Waals surface area (Å²) in [6, 6.07) is 10.9. The van der Waals surface area contributed by atoms with Crippen molar-refractivity contribution in [1.82, 2.24) is 0 Å². The molecule has 1 aliphatic carbocycles. The van der Waals surface area contributed by atoms with Crippen LogP contribution in [0.2, 0.25) is 0 Å². The largest absolute Gasteiger partial charge is 0.493 e. The molecule has 2 heterocycles. The fourth-order valence-electron chi connectivity index (χ4n) is 5.74. The van der Waals surface area contributed by atoms with E-state index in [2.05, 4.69) is 34.9 Å². The summed E-state index contributed by atoms with van der Waals surface area (Å²) in [6.07, 6.45) is 8.78. The summed E-state index contributed by atoms with van der Waals surface area (Å²) >= 11 is 0. The lowest BCUT2D eigenvalue weighted by Gasteiger charge is -2.24. The summed E-state index contributed by atoms with van der Waals surface area (Å²) in [7, 11) is 6.82. The average molecular weight is 449 g/mol. The molecule has 2 aliphatic rings. The number of aryl methyl sites for hydroxylation is 1. The second-order valence-corrected chi connectivity index (χ2v) is 9.24. The Hall–Kier alpha value is -2.95. The minimum atomic E-state index is 0.737. The molecule has 0 atom stereocenters. The van der Waals surface area contributed by atoms with Gasteiger partial charge in [-0.25, -0.2) is 0 Å². The molecule has 1 aromatic heterocycles. The summed E-state index contributed by atoms with van der Waals surface area (Å²) in [5.41, 5.74) is 5.18. The molecule has 1 aliphatic heterocycles. The molecule has 2 aromatic carbocycles. The quantitative estimate of drug-likeness (QED) is 0.467. The molecule has 33 heavy (non-hydrogen) atoms. The predicted molar refractivity (Wildman–Crippen MR) is 130 cm³/mol. The van der Waals surface area contributed by atoms with Gasteiger partial charge in [-0.1, -0.05) is 19.3 Å². The van der Waals surface area contributed by atoms with E-state index in [0.717, 1.165) is 48.3 Å². The van der Waals surface area contributed by atoms with Crippen LogP contribution in [0.1, 0.15) is 43.4 Å². The summed E-state index contributed by atoms with van der Waals surface area (Å²) < 4.78 is 25.1.